The van der Waals surface area contributed by atoms with E-state index >= 15 is 0 Å². The van der Waals surface area contributed by atoms with E-state index in [0.717, 1.165) is 0 Å². The summed E-state index contributed by atoms with van der Waals surface area (Å²) in [4.78, 5) is 22.9. The molecule has 1 heterocycles. The second kappa shape index (κ2) is 5.05. The number of carboxylic acid groups (broad SMARTS) is 1. The number of hydrogen-bond acceptors (Lipinski definition) is 5. The van der Waals surface area contributed by atoms with Gasteiger partial charge in [-0.1, -0.05) is 12.0 Å². The molecule has 9 nitrogen and oxygen atoms in total. The minimum Gasteiger partial charge on any atom is -0.481 e. The topological polar surface area (TPSA) is 122 Å². The van der Waals surface area contributed by atoms with Crippen LogP contribution in [-0.2, 0) is 11.8 Å². The van der Waals surface area contributed by atoms with Gasteiger partial charge in [0.1, 0.15) is 0 Å². The van der Waals surface area contributed by atoms with Crippen LogP contribution in [0.5, 0.6) is 0 Å². The smallest absolute Gasteiger partial charge is 0.321 e. The molecule has 1 atom stereocenters. The van der Waals surface area contributed by atoms with E-state index in [9.17, 15) is 9.59 Å². The van der Waals surface area contributed by atoms with Crippen molar-refractivity contribution in [1.82, 2.24) is 25.5 Å². The van der Waals surface area contributed by atoms with Gasteiger partial charge in [0.15, 0.2) is 0 Å². The Balaban J connectivity index is 2.34. The van der Waals surface area contributed by atoms with E-state index in [2.05, 4.69) is 26.0 Å². The summed E-state index contributed by atoms with van der Waals surface area (Å²) in [5, 5.41) is 24.0. The summed E-state index contributed by atoms with van der Waals surface area (Å²) in [5.74, 6) is -1.57. The number of aryl methyl sites for hydroxylation is 1. The molecule has 88 valence electrons. The van der Waals surface area contributed by atoms with Crippen molar-refractivity contribution in [3.05, 3.63) is 0 Å². The summed E-state index contributed by atoms with van der Waals surface area (Å²) in [6, 6.07) is -0.568. The van der Waals surface area contributed by atoms with Crippen molar-refractivity contribution < 1.29 is 14.7 Å². The highest BCUT2D eigenvalue weighted by Crippen LogP contribution is 1.94. The maximum absolute atomic E-state index is 11.2. The van der Waals surface area contributed by atoms with E-state index in [0.29, 0.717) is 0 Å². The quantitative estimate of drug-likeness (QED) is 0.610. The lowest BCUT2D eigenvalue weighted by atomic mass is 10.2. The van der Waals surface area contributed by atoms with Gasteiger partial charge < -0.3 is 10.4 Å². The molecular weight excluding hydrogens is 216 g/mol. The van der Waals surface area contributed by atoms with E-state index in [1.165, 1.54) is 11.7 Å². The lowest BCUT2D eigenvalue weighted by molar-refractivity contribution is -0.140. The Labute approximate surface area is 90.8 Å². The number of aromatic nitrogens is 4. The number of anilines is 1. The molecule has 1 aromatic heterocycles. The Morgan fingerprint density at radius 1 is 1.56 bits per heavy atom. The fourth-order valence-corrected chi connectivity index (χ4v) is 0.813. The number of carboxylic acids is 1. The first-order valence-electron chi connectivity index (χ1n) is 4.50. The Kier molecular flexibility index (Phi) is 3.75. The number of carbonyl (C=O) groups is 2. The first-order valence-corrected chi connectivity index (χ1v) is 4.50. The Hall–Kier alpha value is -2.19. The monoisotopic (exact) mass is 228 g/mol. The van der Waals surface area contributed by atoms with Gasteiger partial charge in [0.25, 0.3) is 5.95 Å². The summed E-state index contributed by atoms with van der Waals surface area (Å²) in [7, 11) is 1.56. The highest BCUT2D eigenvalue weighted by molar-refractivity contribution is 5.87. The van der Waals surface area contributed by atoms with Crippen LogP contribution in [0.25, 0.3) is 0 Å². The standard InChI is InChI=1S/C7H12N6O3/c1-4(5(14)15)3-8-7(16)9-6-10-12-13(2)11-6/h4H,3H2,1-2H3,(H,14,15)(H2,8,9,11,16). The lowest BCUT2D eigenvalue weighted by Gasteiger charge is -2.07. The molecule has 0 bridgehead atoms. The van der Waals surface area contributed by atoms with Gasteiger partial charge >= 0.3 is 12.0 Å². The summed E-state index contributed by atoms with van der Waals surface area (Å²) in [6.07, 6.45) is 0. The van der Waals surface area contributed by atoms with Gasteiger partial charge in [-0.3, -0.25) is 10.1 Å². The Morgan fingerprint density at radius 2 is 2.25 bits per heavy atom. The highest BCUT2D eigenvalue weighted by Gasteiger charge is 2.12. The number of nitrogens with zero attached hydrogens (tertiary/aromatic N) is 4. The lowest BCUT2D eigenvalue weighted by Crippen LogP contribution is -2.34. The van der Waals surface area contributed by atoms with Gasteiger partial charge in [-0.25, -0.2) is 4.79 Å². The zero-order valence-electron chi connectivity index (χ0n) is 8.84. The Morgan fingerprint density at radius 3 is 2.75 bits per heavy atom. The van der Waals surface area contributed by atoms with E-state index in [4.69, 9.17) is 5.11 Å². The summed E-state index contributed by atoms with van der Waals surface area (Å²) >= 11 is 0. The second-order valence-electron chi connectivity index (χ2n) is 3.18. The second-order valence-corrected chi connectivity index (χ2v) is 3.18. The largest absolute Gasteiger partial charge is 0.481 e. The Bertz CT molecular complexity index is 389. The number of rotatable bonds is 4. The van der Waals surface area contributed by atoms with Crippen molar-refractivity contribution in [2.75, 3.05) is 11.9 Å². The third kappa shape index (κ3) is 3.52. The van der Waals surface area contributed by atoms with Crippen LogP contribution >= 0.6 is 0 Å². The number of amides is 2. The number of nitrogens with one attached hydrogen (secondary N) is 2. The van der Waals surface area contributed by atoms with E-state index in [1.807, 2.05) is 0 Å². The van der Waals surface area contributed by atoms with Crippen molar-refractivity contribution in [1.29, 1.82) is 0 Å². The van der Waals surface area contributed by atoms with Crippen molar-refractivity contribution in [3.63, 3.8) is 0 Å². The van der Waals surface area contributed by atoms with Crippen LogP contribution < -0.4 is 10.6 Å². The van der Waals surface area contributed by atoms with Gasteiger partial charge in [-0.2, -0.15) is 4.80 Å². The molecule has 1 aromatic rings. The number of aliphatic carboxylic acids is 1. The van der Waals surface area contributed by atoms with Crippen LogP contribution in [0.4, 0.5) is 10.7 Å². The summed E-state index contributed by atoms with van der Waals surface area (Å²) in [5.41, 5.74) is 0. The van der Waals surface area contributed by atoms with Crippen LogP contribution in [0.2, 0.25) is 0 Å². The summed E-state index contributed by atoms with van der Waals surface area (Å²) in [6.45, 7) is 1.52. The zero-order chi connectivity index (χ0) is 12.1. The van der Waals surface area contributed by atoms with Gasteiger partial charge in [-0.05, 0) is 5.21 Å². The highest BCUT2D eigenvalue weighted by atomic mass is 16.4. The van der Waals surface area contributed by atoms with Crippen molar-refractivity contribution in [2.24, 2.45) is 13.0 Å². The normalized spacial score (nSPS) is 11.9. The molecule has 0 saturated carbocycles. The molecule has 0 fully saturated rings. The van der Waals surface area contributed by atoms with E-state index in [-0.39, 0.29) is 12.5 Å². The molecule has 0 aliphatic rings. The molecule has 9 heteroatoms. The third-order valence-corrected chi connectivity index (χ3v) is 1.72. The number of hydrogen-bond donors (Lipinski definition) is 3. The molecule has 2 amide bonds. The van der Waals surface area contributed by atoms with Gasteiger partial charge in [0, 0.05) is 6.54 Å². The average Bonchev–Trinajstić information content (AvgIpc) is 2.60. The molecule has 16 heavy (non-hydrogen) atoms. The molecule has 0 saturated heterocycles. The molecular formula is C7H12N6O3. The van der Waals surface area contributed by atoms with Gasteiger partial charge in [0.05, 0.1) is 13.0 Å². The number of urea groups is 1. The van der Waals surface area contributed by atoms with Crippen molar-refractivity contribution in [3.8, 4) is 0 Å². The average molecular weight is 228 g/mol. The molecule has 0 aliphatic heterocycles. The molecule has 0 aliphatic carbocycles. The molecule has 0 aromatic carbocycles. The number of carbonyl (C=O) groups excluding carboxylic acids is 1. The minimum atomic E-state index is -0.974. The fourth-order valence-electron chi connectivity index (χ4n) is 0.813. The molecule has 3 N–H and O–H groups in total. The fraction of sp³-hybridized carbons (Fsp3) is 0.571. The minimum absolute atomic E-state index is 0.0292. The zero-order valence-corrected chi connectivity index (χ0v) is 8.84. The predicted molar refractivity (Wildman–Crippen MR) is 52.6 cm³/mol. The maximum atomic E-state index is 11.2. The first kappa shape index (κ1) is 11.9. The maximum Gasteiger partial charge on any atom is 0.321 e. The number of tetrazole rings is 1. The summed E-state index contributed by atoms with van der Waals surface area (Å²) < 4.78 is 0. The van der Waals surface area contributed by atoms with Gasteiger partial charge in [-0.15, -0.1) is 5.10 Å². The SMILES string of the molecule is CC(CNC(=O)Nc1nnn(C)n1)C(=O)O. The van der Waals surface area contributed by atoms with Crippen LogP contribution in [0.1, 0.15) is 6.92 Å². The molecule has 1 rings (SSSR count). The molecule has 1 unspecified atom stereocenters. The molecule has 0 spiro atoms. The molecule has 0 radical (unpaired) electrons. The van der Waals surface area contributed by atoms with Crippen molar-refractivity contribution >= 4 is 17.9 Å². The van der Waals surface area contributed by atoms with Crippen LogP contribution in [0.15, 0.2) is 0 Å². The van der Waals surface area contributed by atoms with Crippen LogP contribution in [-0.4, -0.2) is 43.9 Å². The third-order valence-electron chi connectivity index (χ3n) is 1.72. The van der Waals surface area contributed by atoms with E-state index < -0.39 is 17.9 Å². The first-order chi connectivity index (χ1) is 7.49. The van der Waals surface area contributed by atoms with Crippen LogP contribution in [0, 0.1) is 5.92 Å². The van der Waals surface area contributed by atoms with Crippen LogP contribution in [0.3, 0.4) is 0 Å². The van der Waals surface area contributed by atoms with Gasteiger partial charge in [0.2, 0.25) is 0 Å². The van der Waals surface area contributed by atoms with E-state index in [1.54, 1.807) is 7.05 Å². The predicted octanol–water partition coefficient (Wildman–Crippen LogP) is -0.948. The van der Waals surface area contributed by atoms with Crippen molar-refractivity contribution in [2.45, 2.75) is 6.92 Å².